The van der Waals surface area contributed by atoms with Crippen LogP contribution < -0.4 is 4.57 Å². The van der Waals surface area contributed by atoms with Gasteiger partial charge in [-0.1, -0.05) is 13.3 Å². The van der Waals surface area contributed by atoms with Gasteiger partial charge in [0.05, 0.1) is 8.95 Å². The van der Waals surface area contributed by atoms with E-state index in [1.807, 2.05) is 18.5 Å². The van der Waals surface area contributed by atoms with Gasteiger partial charge in [-0.25, -0.2) is 0 Å². The van der Waals surface area contributed by atoms with Crippen LogP contribution in [0.3, 0.4) is 0 Å². The number of unbranched alkanes of at least 4 members (excludes halogenated alkanes) is 1. The number of Topliss-reactive ketones (excluding diaryl/α,β-unsaturated/α-hetero) is 1. The number of hydrogen-bond acceptors (Lipinski definition) is 3. The van der Waals surface area contributed by atoms with Gasteiger partial charge in [-0.3, -0.25) is 9.59 Å². The van der Waals surface area contributed by atoms with E-state index in [2.05, 4.69) is 38.8 Å². The Morgan fingerprint density at radius 1 is 1.38 bits per heavy atom. The first-order valence-corrected chi connectivity index (χ1v) is 8.64. The van der Waals surface area contributed by atoms with Crippen molar-refractivity contribution in [3.8, 4) is 0 Å². The molecule has 2 heterocycles. The van der Waals surface area contributed by atoms with Crippen LogP contribution in [0.2, 0.25) is 0 Å². The Labute approximate surface area is 141 Å². The lowest BCUT2D eigenvalue weighted by Crippen LogP contribution is -2.48. The molecule has 1 aromatic heterocycles. The number of ketones is 1. The zero-order valence-electron chi connectivity index (χ0n) is 11.9. The van der Waals surface area contributed by atoms with Gasteiger partial charge < -0.3 is 4.74 Å². The molecule has 0 aromatic carbocycles. The SMILES string of the molecule is CCCC[C@@]1(C(=O)C[n+]2cc(Br)cc(Br)c2)CCC(=O)O1. The van der Waals surface area contributed by atoms with E-state index in [1.165, 1.54) is 0 Å². The molecule has 0 amide bonds. The summed E-state index contributed by atoms with van der Waals surface area (Å²) in [4.78, 5) is 24.2. The molecule has 1 saturated heterocycles. The Balaban J connectivity index is 2.16. The van der Waals surface area contributed by atoms with E-state index in [4.69, 9.17) is 4.74 Å². The number of hydrogen-bond donors (Lipinski definition) is 0. The molecule has 0 unspecified atom stereocenters. The van der Waals surface area contributed by atoms with Gasteiger partial charge in [0.25, 0.3) is 0 Å². The highest BCUT2D eigenvalue weighted by atomic mass is 79.9. The molecule has 1 aliphatic rings. The number of cyclic esters (lactones) is 1. The third kappa shape index (κ3) is 4.13. The van der Waals surface area contributed by atoms with Crippen molar-refractivity contribution in [2.45, 2.75) is 51.2 Å². The number of pyridine rings is 1. The Bertz CT molecular complexity index is 542. The summed E-state index contributed by atoms with van der Waals surface area (Å²) in [5.74, 6) is -0.295. The number of carbonyl (C=O) groups is 2. The average molecular weight is 420 g/mol. The number of ether oxygens (including phenoxy) is 1. The van der Waals surface area contributed by atoms with Gasteiger partial charge in [-0.05, 0) is 50.8 Å². The van der Waals surface area contributed by atoms with Crippen molar-refractivity contribution in [3.63, 3.8) is 0 Å². The molecular weight excluding hydrogens is 402 g/mol. The molecule has 0 spiro atoms. The van der Waals surface area contributed by atoms with E-state index in [0.717, 1.165) is 21.8 Å². The Morgan fingerprint density at radius 2 is 2.05 bits per heavy atom. The van der Waals surface area contributed by atoms with Crippen molar-refractivity contribution in [2.24, 2.45) is 0 Å². The fourth-order valence-electron chi connectivity index (χ4n) is 2.56. The highest BCUT2D eigenvalue weighted by Gasteiger charge is 2.47. The molecule has 1 fully saturated rings. The molecule has 21 heavy (non-hydrogen) atoms. The maximum atomic E-state index is 12.7. The second-order valence-electron chi connectivity index (χ2n) is 5.34. The summed E-state index contributed by atoms with van der Waals surface area (Å²) in [6.07, 6.45) is 6.99. The Morgan fingerprint density at radius 3 is 2.57 bits per heavy atom. The zero-order valence-corrected chi connectivity index (χ0v) is 15.1. The van der Waals surface area contributed by atoms with Crippen LogP contribution in [0.15, 0.2) is 27.4 Å². The number of rotatable bonds is 6. The van der Waals surface area contributed by atoms with E-state index in [9.17, 15) is 9.59 Å². The fraction of sp³-hybridized carbons (Fsp3) is 0.533. The molecule has 1 atom stereocenters. The third-order valence-corrected chi connectivity index (χ3v) is 4.53. The van der Waals surface area contributed by atoms with Crippen molar-refractivity contribution in [3.05, 3.63) is 27.4 Å². The van der Waals surface area contributed by atoms with Crippen LogP contribution in [-0.4, -0.2) is 17.4 Å². The maximum absolute atomic E-state index is 12.7. The highest BCUT2D eigenvalue weighted by Crippen LogP contribution is 2.33. The summed E-state index contributed by atoms with van der Waals surface area (Å²) < 4.78 is 8.99. The Hall–Kier alpha value is -0.750. The zero-order chi connectivity index (χ0) is 15.5. The molecule has 2 rings (SSSR count). The van der Waals surface area contributed by atoms with Crippen LogP contribution in [0.1, 0.15) is 39.0 Å². The minimum atomic E-state index is -0.922. The van der Waals surface area contributed by atoms with Crippen LogP contribution in [0.4, 0.5) is 0 Å². The van der Waals surface area contributed by atoms with Crippen molar-refractivity contribution < 1.29 is 18.9 Å². The molecule has 0 N–H and O–H groups in total. The topological polar surface area (TPSA) is 47.2 Å². The molecule has 0 radical (unpaired) electrons. The Kier molecular flexibility index (Phi) is 5.54. The standard InChI is InChI=1S/C15H18Br2NO3/c1-2-3-5-15(6-4-14(20)21-15)13(19)10-18-8-11(16)7-12(17)9-18/h7-9H,2-6,10H2,1H3/q+1/t15-/m0/s1. The van der Waals surface area contributed by atoms with Gasteiger partial charge in [0.15, 0.2) is 18.0 Å². The van der Waals surface area contributed by atoms with Crippen LogP contribution in [0, 0.1) is 0 Å². The first-order chi connectivity index (χ1) is 9.95. The van der Waals surface area contributed by atoms with Crippen molar-refractivity contribution in [2.75, 3.05) is 0 Å². The van der Waals surface area contributed by atoms with Crippen LogP contribution in [0.5, 0.6) is 0 Å². The lowest BCUT2D eigenvalue weighted by atomic mass is 9.89. The van der Waals surface area contributed by atoms with Gasteiger partial charge in [0, 0.05) is 12.8 Å². The molecule has 1 aliphatic heterocycles. The summed E-state index contributed by atoms with van der Waals surface area (Å²) in [6, 6.07) is 1.91. The summed E-state index contributed by atoms with van der Waals surface area (Å²) in [6.45, 7) is 2.27. The quantitative estimate of drug-likeness (QED) is 0.524. The smallest absolute Gasteiger partial charge is 0.306 e. The number of nitrogens with zero attached hydrogens (tertiary/aromatic N) is 1. The first-order valence-electron chi connectivity index (χ1n) is 7.05. The number of esters is 1. The van der Waals surface area contributed by atoms with Crippen LogP contribution >= 0.6 is 31.9 Å². The lowest BCUT2D eigenvalue weighted by Gasteiger charge is -2.24. The summed E-state index contributed by atoms with van der Waals surface area (Å²) in [7, 11) is 0. The molecular formula is C15H18Br2NO3+. The summed E-state index contributed by atoms with van der Waals surface area (Å²) in [5.41, 5.74) is -0.922. The number of aromatic nitrogens is 1. The lowest BCUT2D eigenvalue weighted by molar-refractivity contribution is -0.686. The largest absolute Gasteiger partial charge is 0.451 e. The maximum Gasteiger partial charge on any atom is 0.306 e. The second-order valence-corrected chi connectivity index (χ2v) is 7.17. The van der Waals surface area contributed by atoms with Crippen molar-refractivity contribution >= 4 is 43.6 Å². The van der Waals surface area contributed by atoms with E-state index >= 15 is 0 Å². The van der Waals surface area contributed by atoms with Gasteiger partial charge >= 0.3 is 5.97 Å². The van der Waals surface area contributed by atoms with Gasteiger partial charge in [0.1, 0.15) is 0 Å². The predicted molar refractivity (Wildman–Crippen MR) is 84.6 cm³/mol. The van der Waals surface area contributed by atoms with E-state index in [0.29, 0.717) is 19.3 Å². The van der Waals surface area contributed by atoms with Gasteiger partial charge in [-0.15, -0.1) is 0 Å². The second kappa shape index (κ2) is 7.01. The highest BCUT2D eigenvalue weighted by molar-refractivity contribution is 9.11. The molecule has 0 bridgehead atoms. The first kappa shape index (κ1) is 16.6. The summed E-state index contributed by atoms with van der Waals surface area (Å²) in [5, 5.41) is 0. The average Bonchev–Trinajstić information content (AvgIpc) is 2.78. The molecule has 0 aliphatic carbocycles. The van der Waals surface area contributed by atoms with Crippen LogP contribution in [-0.2, 0) is 20.9 Å². The minimum Gasteiger partial charge on any atom is -0.451 e. The predicted octanol–water partition coefficient (Wildman–Crippen LogP) is 3.33. The number of halogens is 2. The molecule has 6 heteroatoms. The monoisotopic (exact) mass is 418 g/mol. The third-order valence-electron chi connectivity index (χ3n) is 3.66. The van der Waals surface area contributed by atoms with E-state index < -0.39 is 5.60 Å². The van der Waals surface area contributed by atoms with Crippen molar-refractivity contribution in [1.29, 1.82) is 0 Å². The molecule has 4 nitrogen and oxygen atoms in total. The van der Waals surface area contributed by atoms with E-state index in [1.54, 1.807) is 4.57 Å². The summed E-state index contributed by atoms with van der Waals surface area (Å²) >= 11 is 6.81. The molecule has 114 valence electrons. The fourth-order valence-corrected chi connectivity index (χ4v) is 3.89. The molecule has 0 saturated carbocycles. The van der Waals surface area contributed by atoms with Gasteiger partial charge in [-0.2, -0.15) is 4.57 Å². The van der Waals surface area contributed by atoms with E-state index in [-0.39, 0.29) is 18.3 Å². The minimum absolute atomic E-state index is 0.0307. The van der Waals surface area contributed by atoms with Crippen LogP contribution in [0.25, 0.3) is 0 Å². The normalized spacial score (nSPS) is 21.4. The molecule has 1 aromatic rings. The van der Waals surface area contributed by atoms with Crippen molar-refractivity contribution in [1.82, 2.24) is 0 Å². The number of carbonyl (C=O) groups excluding carboxylic acids is 2. The van der Waals surface area contributed by atoms with Gasteiger partial charge in [0.2, 0.25) is 12.3 Å².